The molecule has 0 atom stereocenters. The highest BCUT2D eigenvalue weighted by molar-refractivity contribution is 5.87. The van der Waals surface area contributed by atoms with Crippen LogP contribution in [0.15, 0.2) is 29.4 Å². The molecule has 0 spiro atoms. The van der Waals surface area contributed by atoms with E-state index in [4.69, 9.17) is 4.74 Å². The summed E-state index contributed by atoms with van der Waals surface area (Å²) in [5.74, 6) is 0.713. The number of amides is 1. The van der Waals surface area contributed by atoms with Crippen molar-refractivity contribution in [3.8, 4) is 5.75 Å². The fourth-order valence-corrected chi connectivity index (χ4v) is 2.52. The number of carbonyl (C=O) groups is 1. The predicted octanol–water partition coefficient (Wildman–Crippen LogP) is 2.21. The van der Waals surface area contributed by atoms with Gasteiger partial charge < -0.3 is 9.64 Å². The van der Waals surface area contributed by atoms with Crippen LogP contribution in [0.4, 0.5) is 0 Å². The molecule has 22 heavy (non-hydrogen) atoms. The van der Waals surface area contributed by atoms with Gasteiger partial charge in [0.2, 0.25) is 5.91 Å². The lowest BCUT2D eigenvalue weighted by Crippen LogP contribution is -2.39. The highest BCUT2D eigenvalue weighted by Crippen LogP contribution is 2.12. The summed E-state index contributed by atoms with van der Waals surface area (Å²) >= 11 is 0. The average molecular weight is 303 g/mol. The second-order valence-corrected chi connectivity index (χ2v) is 5.87. The molecule has 120 valence electrons. The van der Waals surface area contributed by atoms with Crippen molar-refractivity contribution >= 4 is 11.6 Å². The number of nitrogens with zero attached hydrogens (tertiary/aromatic N) is 2. The fraction of sp³-hybridized carbons (Fsp3) is 0.529. The third-order valence-corrected chi connectivity index (χ3v) is 3.97. The van der Waals surface area contributed by atoms with Gasteiger partial charge in [0.15, 0.2) is 0 Å². The van der Waals surface area contributed by atoms with E-state index in [9.17, 15) is 4.79 Å². The van der Waals surface area contributed by atoms with E-state index in [0.29, 0.717) is 12.5 Å². The Morgan fingerprint density at radius 3 is 2.45 bits per heavy atom. The van der Waals surface area contributed by atoms with Crippen molar-refractivity contribution < 1.29 is 9.53 Å². The van der Waals surface area contributed by atoms with Gasteiger partial charge in [-0.3, -0.25) is 4.79 Å². The number of hydrogen-bond acceptors (Lipinski definition) is 4. The molecule has 1 aromatic rings. The Bertz CT molecular complexity index is 513. The predicted molar refractivity (Wildman–Crippen MR) is 88.2 cm³/mol. The van der Waals surface area contributed by atoms with Gasteiger partial charge >= 0.3 is 0 Å². The van der Waals surface area contributed by atoms with Crippen LogP contribution in [0.1, 0.15) is 32.3 Å². The summed E-state index contributed by atoms with van der Waals surface area (Å²) in [6, 6.07) is 8.08. The molecule has 1 aromatic carbocycles. The lowest BCUT2D eigenvalue weighted by molar-refractivity contribution is -0.120. The van der Waals surface area contributed by atoms with Crippen molar-refractivity contribution in [3.63, 3.8) is 0 Å². The number of carbonyl (C=O) groups excluding carboxylic acids is 1. The van der Waals surface area contributed by atoms with Crippen LogP contribution in [0.3, 0.4) is 0 Å². The highest BCUT2D eigenvalue weighted by Gasteiger charge is 2.17. The van der Waals surface area contributed by atoms with Gasteiger partial charge in [-0.2, -0.15) is 5.10 Å². The first-order valence-corrected chi connectivity index (χ1v) is 7.79. The van der Waals surface area contributed by atoms with Crippen molar-refractivity contribution in [2.75, 3.05) is 20.2 Å². The van der Waals surface area contributed by atoms with Crippen LogP contribution in [-0.2, 0) is 11.2 Å². The molecule has 1 heterocycles. The number of nitrogens with one attached hydrogen (secondary N) is 1. The topological polar surface area (TPSA) is 53.9 Å². The van der Waals surface area contributed by atoms with Crippen molar-refractivity contribution in [2.24, 2.45) is 5.10 Å². The molecule has 0 unspecified atom stereocenters. The first-order valence-electron chi connectivity index (χ1n) is 7.79. The maximum absolute atomic E-state index is 11.9. The minimum absolute atomic E-state index is 0.0797. The number of piperidine rings is 1. The van der Waals surface area contributed by atoms with Gasteiger partial charge in [0, 0.05) is 37.7 Å². The quantitative estimate of drug-likeness (QED) is 0.849. The standard InChI is InChI=1S/C17H25N3O2/c1-13(2)20-10-8-15(9-11-20)18-19-17(21)12-14-4-6-16(22-3)7-5-14/h4-7,13H,8-12H2,1-3H3,(H,19,21). The van der Waals surface area contributed by atoms with Crippen LogP contribution in [0.2, 0.25) is 0 Å². The molecule has 5 nitrogen and oxygen atoms in total. The molecular weight excluding hydrogens is 278 g/mol. The minimum atomic E-state index is -0.0797. The summed E-state index contributed by atoms with van der Waals surface area (Å²) in [5.41, 5.74) is 4.71. The van der Waals surface area contributed by atoms with E-state index in [-0.39, 0.29) is 5.91 Å². The third kappa shape index (κ3) is 4.84. The van der Waals surface area contributed by atoms with Crippen LogP contribution in [0, 0.1) is 0 Å². The minimum Gasteiger partial charge on any atom is -0.497 e. The number of rotatable bonds is 5. The molecule has 1 aliphatic heterocycles. The molecular formula is C17H25N3O2. The number of ether oxygens (including phenoxy) is 1. The molecule has 0 radical (unpaired) electrons. The Morgan fingerprint density at radius 2 is 1.91 bits per heavy atom. The van der Waals surface area contributed by atoms with E-state index in [1.807, 2.05) is 24.3 Å². The second-order valence-electron chi connectivity index (χ2n) is 5.87. The van der Waals surface area contributed by atoms with E-state index in [2.05, 4.69) is 29.3 Å². The van der Waals surface area contributed by atoms with Gasteiger partial charge in [-0.15, -0.1) is 0 Å². The van der Waals surface area contributed by atoms with Crippen LogP contribution < -0.4 is 10.2 Å². The third-order valence-electron chi connectivity index (χ3n) is 3.97. The molecule has 1 fully saturated rings. The molecule has 5 heteroatoms. The van der Waals surface area contributed by atoms with E-state index in [1.54, 1.807) is 7.11 Å². The molecule has 1 amide bonds. The summed E-state index contributed by atoms with van der Waals surface area (Å²) in [4.78, 5) is 14.4. The largest absolute Gasteiger partial charge is 0.497 e. The van der Waals surface area contributed by atoms with Gasteiger partial charge in [-0.05, 0) is 31.5 Å². The SMILES string of the molecule is COc1ccc(CC(=O)NN=C2CCN(C(C)C)CC2)cc1. The monoisotopic (exact) mass is 303 g/mol. The van der Waals surface area contributed by atoms with E-state index >= 15 is 0 Å². The molecule has 0 aliphatic carbocycles. The Morgan fingerprint density at radius 1 is 1.27 bits per heavy atom. The molecule has 2 rings (SSSR count). The smallest absolute Gasteiger partial charge is 0.244 e. The zero-order valence-corrected chi connectivity index (χ0v) is 13.6. The normalized spacial score (nSPS) is 15.7. The van der Waals surface area contributed by atoms with E-state index < -0.39 is 0 Å². The molecule has 0 aromatic heterocycles. The number of methoxy groups -OCH3 is 1. The van der Waals surface area contributed by atoms with Crippen molar-refractivity contribution in [3.05, 3.63) is 29.8 Å². The first-order chi connectivity index (χ1) is 10.6. The lowest BCUT2D eigenvalue weighted by Gasteiger charge is -2.30. The number of hydrogen-bond donors (Lipinski definition) is 1. The van der Waals surface area contributed by atoms with Crippen LogP contribution >= 0.6 is 0 Å². The van der Waals surface area contributed by atoms with Crippen molar-refractivity contribution in [1.82, 2.24) is 10.3 Å². The first kappa shape index (κ1) is 16.5. The summed E-state index contributed by atoms with van der Waals surface area (Å²) in [5, 5.41) is 4.27. The second kappa shape index (κ2) is 7.94. The molecule has 1 aliphatic rings. The van der Waals surface area contributed by atoms with Gasteiger partial charge in [0.25, 0.3) is 0 Å². The zero-order valence-electron chi connectivity index (χ0n) is 13.6. The van der Waals surface area contributed by atoms with E-state index in [0.717, 1.165) is 43.0 Å². The number of likely N-dealkylation sites (tertiary alicyclic amines) is 1. The zero-order chi connectivity index (χ0) is 15.9. The average Bonchev–Trinajstić information content (AvgIpc) is 2.54. The Labute approximate surface area is 132 Å². The van der Waals surface area contributed by atoms with Crippen LogP contribution in [0.5, 0.6) is 5.75 Å². The summed E-state index contributed by atoms with van der Waals surface area (Å²) in [6.45, 7) is 6.45. The van der Waals surface area contributed by atoms with E-state index in [1.165, 1.54) is 0 Å². The fourth-order valence-electron chi connectivity index (χ4n) is 2.52. The molecule has 0 saturated carbocycles. The van der Waals surface area contributed by atoms with Gasteiger partial charge in [-0.1, -0.05) is 12.1 Å². The Balaban J connectivity index is 1.78. The maximum Gasteiger partial charge on any atom is 0.244 e. The van der Waals surface area contributed by atoms with Crippen molar-refractivity contribution in [2.45, 2.75) is 39.2 Å². The van der Waals surface area contributed by atoms with Crippen LogP contribution in [0.25, 0.3) is 0 Å². The summed E-state index contributed by atoms with van der Waals surface area (Å²) < 4.78 is 5.10. The van der Waals surface area contributed by atoms with Gasteiger partial charge in [0.05, 0.1) is 13.5 Å². The lowest BCUT2D eigenvalue weighted by atomic mass is 10.1. The number of hydrazone groups is 1. The molecule has 1 N–H and O–H groups in total. The summed E-state index contributed by atoms with van der Waals surface area (Å²) in [6.07, 6.45) is 2.20. The number of benzene rings is 1. The molecule has 1 saturated heterocycles. The van der Waals surface area contributed by atoms with Crippen molar-refractivity contribution in [1.29, 1.82) is 0 Å². The van der Waals surface area contributed by atoms with Gasteiger partial charge in [0.1, 0.15) is 5.75 Å². The molecule has 0 bridgehead atoms. The maximum atomic E-state index is 11.9. The van der Waals surface area contributed by atoms with Gasteiger partial charge in [-0.25, -0.2) is 5.43 Å². The highest BCUT2D eigenvalue weighted by atomic mass is 16.5. The van der Waals surface area contributed by atoms with Crippen LogP contribution in [-0.4, -0.2) is 42.8 Å². The Hall–Kier alpha value is -1.88. The Kier molecular flexibility index (Phi) is 5.95. The summed E-state index contributed by atoms with van der Waals surface area (Å²) in [7, 11) is 1.63.